The van der Waals surface area contributed by atoms with Crippen LogP contribution in [-0.2, 0) is 0 Å². The van der Waals surface area contributed by atoms with Gasteiger partial charge >= 0.3 is 0 Å². The minimum Gasteiger partial charge on any atom is -0.208 e. The monoisotopic (exact) mass is 628 g/mol. The summed E-state index contributed by atoms with van der Waals surface area (Å²) < 4.78 is 96.6. The van der Waals surface area contributed by atoms with Gasteiger partial charge in [0.2, 0.25) is 0 Å². The Bertz CT molecular complexity index is 3160. The van der Waals surface area contributed by atoms with E-state index >= 15 is 0 Å². The van der Waals surface area contributed by atoms with E-state index in [0.29, 0.717) is 11.1 Å². The maximum atomic E-state index is 9.30. The van der Waals surface area contributed by atoms with Crippen molar-refractivity contribution in [3.05, 3.63) is 164 Å². The molecule has 9 aromatic rings. The van der Waals surface area contributed by atoms with Crippen molar-refractivity contribution in [2.75, 3.05) is 0 Å². The summed E-state index contributed by atoms with van der Waals surface area (Å²) in [7, 11) is 0. The van der Waals surface area contributed by atoms with E-state index in [1.807, 2.05) is 97.1 Å². The van der Waals surface area contributed by atoms with Gasteiger partial charge in [-0.2, -0.15) is 0 Å². The van der Waals surface area contributed by atoms with Gasteiger partial charge in [0.1, 0.15) is 0 Å². The fourth-order valence-corrected chi connectivity index (χ4v) is 6.70. The summed E-state index contributed by atoms with van der Waals surface area (Å²) in [5.41, 5.74) is 2.67. The Kier molecular flexibility index (Phi) is 4.44. The zero-order valence-corrected chi connectivity index (χ0v) is 25.3. The molecule has 0 bridgehead atoms. The van der Waals surface area contributed by atoms with Crippen molar-refractivity contribution >= 4 is 42.3 Å². The number of aromatic nitrogens is 3. The number of rotatable bonds is 5. The zero-order chi connectivity index (χ0) is 40.7. The lowest BCUT2D eigenvalue weighted by Gasteiger charge is -2.10. The molecular formula is C43H27N3S. The normalized spacial score (nSPS) is 14.7. The van der Waals surface area contributed by atoms with E-state index in [2.05, 4.69) is 0 Å². The molecule has 2 aromatic heterocycles. The van der Waals surface area contributed by atoms with Crippen molar-refractivity contribution in [1.82, 2.24) is 15.0 Å². The summed E-state index contributed by atoms with van der Waals surface area (Å²) in [5, 5.41) is 2.02. The first-order chi connectivity index (χ1) is 27.8. The highest BCUT2D eigenvalue weighted by Crippen LogP contribution is 2.41. The maximum absolute atomic E-state index is 9.30. The lowest BCUT2D eigenvalue weighted by atomic mass is 10.0. The van der Waals surface area contributed by atoms with Crippen LogP contribution in [0.4, 0.5) is 0 Å². The second-order valence-electron chi connectivity index (χ2n) is 10.8. The Balaban J connectivity index is 1.33. The number of nitrogens with zero attached hydrogens (tertiary/aromatic N) is 3. The SMILES string of the molecule is [2H]c1c([2H])c([2H])c(-c2c([2H])c([2H])c3c(sc4c(-c5nc(-c6ccc(-c7ccccc7)cc6)nc(-c6ccc7ccccc7c6)n5)c([2H])c([2H])c([2H])c43)c2[2H])c([2H])c1[2H]. The van der Waals surface area contributed by atoms with Gasteiger partial charge in [-0.25, -0.2) is 15.0 Å². The molecule has 7 aromatic carbocycles. The first-order valence-corrected chi connectivity index (χ1v) is 15.6. The van der Waals surface area contributed by atoms with Gasteiger partial charge in [0.15, 0.2) is 17.5 Å². The van der Waals surface area contributed by atoms with Crippen molar-refractivity contribution in [1.29, 1.82) is 0 Å². The zero-order valence-electron chi connectivity index (χ0n) is 35.5. The first-order valence-electron chi connectivity index (χ1n) is 20.3. The molecule has 0 saturated heterocycles. The highest BCUT2D eigenvalue weighted by molar-refractivity contribution is 7.26. The Hall–Kier alpha value is -5.97. The summed E-state index contributed by atoms with van der Waals surface area (Å²) in [4.78, 5) is 14.7. The van der Waals surface area contributed by atoms with Crippen LogP contribution in [0.5, 0.6) is 0 Å². The standard InChI is InChI=1S/C43H27N3S/c1-3-10-28(11-4-1)31-18-21-32(22-19-31)41-44-42(35-23-20-30-14-7-8-15-33(30)26-35)46-43(45-41)38-17-9-16-37-36-25-24-34(27-39(36)47-40(37)38)29-12-5-2-6-13-29/h1-27H/i2D,5D,6D,9D,12D,13D,16D,17D,24D,25D,27D. The van der Waals surface area contributed by atoms with Crippen LogP contribution in [0.3, 0.4) is 0 Å². The second-order valence-corrected chi connectivity index (χ2v) is 11.8. The molecule has 0 spiro atoms. The van der Waals surface area contributed by atoms with Gasteiger partial charge in [0.25, 0.3) is 0 Å². The van der Waals surface area contributed by atoms with Gasteiger partial charge in [-0.15, -0.1) is 11.3 Å². The molecule has 0 saturated carbocycles. The molecule has 0 atom stereocenters. The predicted octanol–water partition coefficient (Wildman–Crippen LogP) is 11.7. The van der Waals surface area contributed by atoms with Gasteiger partial charge in [-0.3, -0.25) is 0 Å². The molecule has 0 aliphatic rings. The van der Waals surface area contributed by atoms with E-state index < -0.39 is 54.4 Å². The molecule has 0 fully saturated rings. The van der Waals surface area contributed by atoms with E-state index in [0.717, 1.165) is 33.2 Å². The molecule has 3 nitrogen and oxygen atoms in total. The Morgan fingerprint density at radius 3 is 1.96 bits per heavy atom. The molecule has 0 unspecified atom stereocenters. The average molecular weight is 629 g/mol. The third-order valence-corrected chi connectivity index (χ3v) is 9.05. The maximum Gasteiger partial charge on any atom is 0.165 e. The van der Waals surface area contributed by atoms with E-state index in [-0.39, 0.29) is 66.4 Å². The summed E-state index contributed by atoms with van der Waals surface area (Å²) in [6.45, 7) is 0. The third kappa shape index (κ3) is 5.05. The Labute approximate surface area is 292 Å². The fraction of sp³-hybridized carbons (Fsp3) is 0. The van der Waals surface area contributed by atoms with Crippen molar-refractivity contribution in [3.63, 3.8) is 0 Å². The molecule has 0 radical (unpaired) electrons. The minimum atomic E-state index is -0.645. The Morgan fingerprint density at radius 1 is 0.447 bits per heavy atom. The van der Waals surface area contributed by atoms with Gasteiger partial charge in [0.05, 0.1) is 15.1 Å². The van der Waals surface area contributed by atoms with Crippen molar-refractivity contribution in [2.24, 2.45) is 0 Å². The van der Waals surface area contributed by atoms with Crippen LogP contribution in [-0.4, -0.2) is 15.0 Å². The van der Waals surface area contributed by atoms with Gasteiger partial charge in [-0.1, -0.05) is 145 Å². The third-order valence-electron chi connectivity index (χ3n) is 7.93. The minimum absolute atomic E-state index is 0.00593. The molecule has 0 aliphatic carbocycles. The van der Waals surface area contributed by atoms with Crippen LogP contribution in [0.15, 0.2) is 164 Å². The van der Waals surface area contributed by atoms with E-state index in [1.54, 1.807) is 0 Å². The van der Waals surface area contributed by atoms with Crippen molar-refractivity contribution in [2.45, 2.75) is 0 Å². The molecule has 2 heterocycles. The van der Waals surface area contributed by atoms with E-state index in [9.17, 15) is 2.74 Å². The van der Waals surface area contributed by atoms with Gasteiger partial charge < -0.3 is 0 Å². The number of thiophene rings is 1. The molecule has 0 amide bonds. The summed E-state index contributed by atoms with van der Waals surface area (Å²) in [6.07, 6.45) is 0. The lowest BCUT2D eigenvalue weighted by molar-refractivity contribution is 1.08. The predicted molar refractivity (Wildman–Crippen MR) is 197 cm³/mol. The molecule has 220 valence electrons. The topological polar surface area (TPSA) is 38.7 Å². The summed E-state index contributed by atoms with van der Waals surface area (Å²) >= 11 is 0.939. The van der Waals surface area contributed by atoms with Crippen LogP contribution in [0, 0.1) is 0 Å². The van der Waals surface area contributed by atoms with E-state index in [1.165, 1.54) is 0 Å². The van der Waals surface area contributed by atoms with Crippen LogP contribution >= 0.6 is 11.3 Å². The van der Waals surface area contributed by atoms with Gasteiger partial charge in [-0.05, 0) is 51.2 Å². The molecule has 0 aliphatic heterocycles. The van der Waals surface area contributed by atoms with Crippen LogP contribution in [0.25, 0.3) is 87.4 Å². The Morgan fingerprint density at radius 2 is 1.13 bits per heavy atom. The molecule has 9 rings (SSSR count). The van der Waals surface area contributed by atoms with E-state index in [4.69, 9.17) is 27.3 Å². The largest absolute Gasteiger partial charge is 0.208 e. The van der Waals surface area contributed by atoms with Crippen LogP contribution < -0.4 is 0 Å². The van der Waals surface area contributed by atoms with Crippen LogP contribution in [0.1, 0.15) is 15.1 Å². The molecule has 47 heavy (non-hydrogen) atoms. The molecule has 4 heteroatoms. The molecule has 0 N–H and O–H groups in total. The van der Waals surface area contributed by atoms with Crippen molar-refractivity contribution in [3.8, 4) is 56.4 Å². The van der Waals surface area contributed by atoms with Gasteiger partial charge in [0, 0.05) is 36.9 Å². The number of hydrogen-bond donors (Lipinski definition) is 0. The first kappa shape index (κ1) is 18.2. The highest BCUT2D eigenvalue weighted by atomic mass is 32.1. The second kappa shape index (κ2) is 11.4. The fourth-order valence-electron chi connectivity index (χ4n) is 5.59. The average Bonchev–Trinajstić information content (AvgIpc) is 3.65. The highest BCUT2D eigenvalue weighted by Gasteiger charge is 2.17. The number of benzene rings is 7. The lowest BCUT2D eigenvalue weighted by Crippen LogP contribution is -2.00. The summed E-state index contributed by atoms with van der Waals surface area (Å²) in [5.74, 6) is 0.583. The van der Waals surface area contributed by atoms with Crippen LogP contribution in [0.2, 0.25) is 0 Å². The number of fused-ring (bicyclic) bond motifs is 4. The van der Waals surface area contributed by atoms with Crippen molar-refractivity contribution < 1.29 is 15.1 Å². The smallest absolute Gasteiger partial charge is 0.165 e. The number of hydrogen-bond acceptors (Lipinski definition) is 4. The quantitative estimate of drug-likeness (QED) is 0.190. The molecular weight excluding hydrogens is 591 g/mol. The summed E-state index contributed by atoms with van der Waals surface area (Å²) in [6, 6.07) is 25.4.